The van der Waals surface area contributed by atoms with Crippen molar-refractivity contribution in [1.82, 2.24) is 0 Å². The number of aldehydes is 1. The molecule has 4 rings (SSSR count). The quantitative estimate of drug-likeness (QED) is 0.551. The summed E-state index contributed by atoms with van der Waals surface area (Å²) in [6.45, 7) is 4.05. The van der Waals surface area contributed by atoms with Crippen LogP contribution in [-0.4, -0.2) is 45.2 Å². The summed E-state index contributed by atoms with van der Waals surface area (Å²) < 4.78 is 0. The third kappa shape index (κ3) is 2.46. The van der Waals surface area contributed by atoms with E-state index in [4.69, 9.17) is 0 Å². The molecule has 3 fully saturated rings. The minimum atomic E-state index is -1.66. The second-order valence-electron chi connectivity index (χ2n) is 9.46. The number of aliphatic hydroxyl groups excluding tert-OH is 1. The lowest BCUT2D eigenvalue weighted by atomic mass is 9.45. The van der Waals surface area contributed by atoms with Crippen molar-refractivity contribution in [3.05, 3.63) is 11.6 Å². The Balaban J connectivity index is 0.00000210. The molecule has 3 saturated carbocycles. The lowest BCUT2D eigenvalue weighted by Crippen LogP contribution is -2.61. The zero-order valence-corrected chi connectivity index (χ0v) is 16.0. The number of carbonyl (C=O) groups is 3. The van der Waals surface area contributed by atoms with Gasteiger partial charge in [-0.15, -0.1) is 0 Å². The summed E-state index contributed by atoms with van der Waals surface area (Å²) in [6, 6.07) is 0. The minimum absolute atomic E-state index is 0. The van der Waals surface area contributed by atoms with Crippen molar-refractivity contribution < 1.29 is 30.1 Å². The standard InChI is InChI=1S/C21H28O5.H2O/c1-19-7-5-13(23)9-12(19)3-4-14-15-6-8-21(26,17(25)11-22)20(15,2)10-16(24)18(14)19;/h9,11,14-16,18,24,26H,3-8,10H2,1-2H3;1H2/t14-,15-,16-,18+,19-,20-,21-;/m0./s1. The number of aliphatic hydroxyl groups is 2. The highest BCUT2D eigenvalue weighted by molar-refractivity contribution is 6.29. The Morgan fingerprint density at radius 2 is 1.93 bits per heavy atom. The van der Waals surface area contributed by atoms with E-state index in [0.29, 0.717) is 25.7 Å². The van der Waals surface area contributed by atoms with E-state index in [9.17, 15) is 24.6 Å². The van der Waals surface area contributed by atoms with Crippen molar-refractivity contribution in [3.63, 3.8) is 0 Å². The molecule has 0 unspecified atom stereocenters. The van der Waals surface area contributed by atoms with Gasteiger partial charge in [0.1, 0.15) is 5.60 Å². The highest BCUT2D eigenvalue weighted by Crippen LogP contribution is 2.67. The topological polar surface area (TPSA) is 123 Å². The smallest absolute Gasteiger partial charge is 0.227 e. The number of hydrogen-bond acceptors (Lipinski definition) is 5. The second kappa shape index (κ2) is 6.33. The zero-order chi connectivity index (χ0) is 18.9. The molecule has 0 radical (unpaired) electrons. The van der Waals surface area contributed by atoms with Gasteiger partial charge in [0.05, 0.1) is 6.10 Å². The molecule has 4 aliphatic carbocycles. The lowest BCUT2D eigenvalue weighted by Gasteiger charge is -2.60. The fourth-order valence-corrected chi connectivity index (χ4v) is 7.19. The Kier molecular flexibility index (Phi) is 4.77. The normalized spacial score (nSPS) is 48.4. The Labute approximate surface area is 159 Å². The first kappa shape index (κ1) is 20.4. The van der Waals surface area contributed by atoms with E-state index in [1.165, 1.54) is 0 Å². The summed E-state index contributed by atoms with van der Waals surface area (Å²) in [5.74, 6) is -0.215. The number of allylic oxidation sites excluding steroid dienone is 1. The third-order valence-corrected chi connectivity index (χ3v) is 8.56. The molecule has 27 heavy (non-hydrogen) atoms. The van der Waals surface area contributed by atoms with E-state index in [1.54, 1.807) is 6.08 Å². The van der Waals surface area contributed by atoms with Gasteiger partial charge in [-0.3, -0.25) is 14.4 Å². The van der Waals surface area contributed by atoms with Crippen LogP contribution in [0.25, 0.3) is 0 Å². The van der Waals surface area contributed by atoms with Crippen LogP contribution in [0.1, 0.15) is 58.8 Å². The van der Waals surface area contributed by atoms with Crippen LogP contribution < -0.4 is 0 Å². The maximum Gasteiger partial charge on any atom is 0.227 e. The fraction of sp³-hybridized carbons (Fsp3) is 0.762. The average molecular weight is 378 g/mol. The number of Topliss-reactive ketones (excluding diaryl/α,β-unsaturated/α-hetero) is 1. The van der Waals surface area contributed by atoms with E-state index in [-0.39, 0.29) is 40.7 Å². The molecule has 0 aliphatic heterocycles. The first-order valence-electron chi connectivity index (χ1n) is 9.81. The molecule has 6 heteroatoms. The second-order valence-corrected chi connectivity index (χ2v) is 9.46. The number of ketones is 2. The van der Waals surface area contributed by atoms with Gasteiger partial charge >= 0.3 is 0 Å². The van der Waals surface area contributed by atoms with Gasteiger partial charge in [-0.1, -0.05) is 19.4 Å². The van der Waals surface area contributed by atoms with Crippen molar-refractivity contribution in [1.29, 1.82) is 0 Å². The SMILES string of the molecule is C[C@]12CCC(=O)C=C1CC[C@@H]1[C@@H]2[C@@H](O)C[C@@]2(C)[C@H]1CC[C@]2(O)C(=O)C=O.O. The van der Waals surface area contributed by atoms with Crippen LogP contribution >= 0.6 is 0 Å². The van der Waals surface area contributed by atoms with Crippen molar-refractivity contribution in [2.24, 2.45) is 28.6 Å². The molecule has 0 bridgehead atoms. The van der Waals surface area contributed by atoms with E-state index >= 15 is 0 Å². The molecule has 7 atom stereocenters. The van der Waals surface area contributed by atoms with Gasteiger partial charge in [-0.25, -0.2) is 0 Å². The van der Waals surface area contributed by atoms with E-state index < -0.39 is 22.9 Å². The first-order valence-corrected chi connectivity index (χ1v) is 9.81. The van der Waals surface area contributed by atoms with Gasteiger partial charge in [0.25, 0.3) is 0 Å². The minimum Gasteiger partial charge on any atom is -0.412 e. The number of hydrogen-bond donors (Lipinski definition) is 2. The lowest BCUT2D eigenvalue weighted by molar-refractivity contribution is -0.180. The van der Waals surface area contributed by atoms with Gasteiger partial charge in [0.2, 0.25) is 5.78 Å². The van der Waals surface area contributed by atoms with Gasteiger partial charge < -0.3 is 15.7 Å². The molecule has 0 aromatic carbocycles. The highest BCUT2D eigenvalue weighted by atomic mass is 16.3. The van der Waals surface area contributed by atoms with Crippen molar-refractivity contribution >= 4 is 17.9 Å². The molecule has 0 aromatic rings. The Hall–Kier alpha value is -1.37. The van der Waals surface area contributed by atoms with E-state index in [1.807, 2.05) is 6.92 Å². The van der Waals surface area contributed by atoms with Crippen LogP contribution in [0, 0.1) is 28.6 Å². The van der Waals surface area contributed by atoms with E-state index in [0.717, 1.165) is 24.8 Å². The van der Waals surface area contributed by atoms with Crippen molar-refractivity contribution in [2.45, 2.75) is 70.5 Å². The predicted octanol–water partition coefficient (Wildman–Crippen LogP) is 1.16. The molecule has 150 valence electrons. The van der Waals surface area contributed by atoms with E-state index in [2.05, 4.69) is 6.92 Å². The summed E-state index contributed by atoms with van der Waals surface area (Å²) in [7, 11) is 0. The first-order chi connectivity index (χ1) is 12.2. The third-order valence-electron chi connectivity index (χ3n) is 8.56. The van der Waals surface area contributed by atoms with Gasteiger partial charge in [-0.05, 0) is 67.8 Å². The van der Waals surface area contributed by atoms with Crippen LogP contribution in [0.2, 0.25) is 0 Å². The summed E-state index contributed by atoms with van der Waals surface area (Å²) in [6.07, 6.45) is 5.68. The maximum absolute atomic E-state index is 12.2. The van der Waals surface area contributed by atoms with Crippen molar-refractivity contribution in [3.8, 4) is 0 Å². The molecular formula is C21H30O6. The molecule has 0 aromatic heterocycles. The summed E-state index contributed by atoms with van der Waals surface area (Å²) in [5.41, 5.74) is -1.46. The molecule has 0 amide bonds. The maximum atomic E-state index is 12.2. The van der Waals surface area contributed by atoms with Gasteiger partial charge in [-0.2, -0.15) is 0 Å². The van der Waals surface area contributed by atoms with Crippen LogP contribution in [0.4, 0.5) is 0 Å². The Bertz CT molecular complexity index is 713. The number of carbonyl (C=O) groups excluding carboxylic acids is 3. The summed E-state index contributed by atoms with van der Waals surface area (Å²) in [4.78, 5) is 35.3. The monoisotopic (exact) mass is 378 g/mol. The van der Waals surface area contributed by atoms with Gasteiger partial charge in [0.15, 0.2) is 12.1 Å². The molecule has 4 N–H and O–H groups in total. The average Bonchev–Trinajstić information content (AvgIpc) is 2.86. The van der Waals surface area contributed by atoms with Crippen LogP contribution in [0.5, 0.6) is 0 Å². The fourth-order valence-electron chi connectivity index (χ4n) is 7.19. The van der Waals surface area contributed by atoms with Crippen LogP contribution in [0.3, 0.4) is 0 Å². The molecule has 4 aliphatic rings. The molecule has 6 nitrogen and oxygen atoms in total. The Morgan fingerprint density at radius 1 is 1.22 bits per heavy atom. The molecular weight excluding hydrogens is 348 g/mol. The predicted molar refractivity (Wildman–Crippen MR) is 97.7 cm³/mol. The van der Waals surface area contributed by atoms with Gasteiger partial charge in [0, 0.05) is 11.8 Å². The molecule has 0 saturated heterocycles. The number of fused-ring (bicyclic) bond motifs is 5. The summed E-state index contributed by atoms with van der Waals surface area (Å²) in [5, 5.41) is 22.3. The number of rotatable bonds is 2. The Morgan fingerprint density at radius 3 is 2.59 bits per heavy atom. The highest BCUT2D eigenvalue weighted by Gasteiger charge is 2.68. The molecule has 0 spiro atoms. The summed E-state index contributed by atoms with van der Waals surface area (Å²) >= 11 is 0. The van der Waals surface area contributed by atoms with Crippen LogP contribution in [-0.2, 0) is 14.4 Å². The largest absolute Gasteiger partial charge is 0.412 e. The van der Waals surface area contributed by atoms with Crippen LogP contribution in [0.15, 0.2) is 11.6 Å². The molecule has 0 heterocycles. The zero-order valence-electron chi connectivity index (χ0n) is 16.0. The van der Waals surface area contributed by atoms with Crippen molar-refractivity contribution in [2.75, 3.05) is 0 Å².